The quantitative estimate of drug-likeness (QED) is 0.361. The predicted molar refractivity (Wildman–Crippen MR) is 152 cm³/mol. The van der Waals surface area contributed by atoms with Crippen LogP contribution in [0.2, 0.25) is 5.02 Å². The third kappa shape index (κ3) is 5.49. The number of carbonyl (C=O) groups excluding carboxylic acids is 2. The fourth-order valence-electron chi connectivity index (χ4n) is 4.67. The number of allylic oxidation sites excluding steroid dienone is 3. The normalized spacial score (nSPS) is 17.1. The van der Waals surface area contributed by atoms with Gasteiger partial charge in [0, 0.05) is 34.5 Å². The van der Waals surface area contributed by atoms with Gasteiger partial charge in [0.1, 0.15) is 11.6 Å². The summed E-state index contributed by atoms with van der Waals surface area (Å²) in [7, 11) is 1.56. The van der Waals surface area contributed by atoms with E-state index in [1.165, 1.54) is 23.1 Å². The first kappa shape index (κ1) is 26.7. The molecule has 0 radical (unpaired) electrons. The van der Waals surface area contributed by atoms with E-state index in [4.69, 9.17) is 22.1 Å². The number of nitrogens with one attached hydrogen (secondary N) is 1. The summed E-state index contributed by atoms with van der Waals surface area (Å²) >= 11 is 8.57. The summed E-state index contributed by atoms with van der Waals surface area (Å²) in [6, 6.07) is 16.4. The Morgan fingerprint density at radius 2 is 2.08 bits per heavy atom. The molecule has 3 N–H and O–H groups in total. The number of hydrogen-bond acceptors (Lipinski definition) is 10. The lowest BCUT2D eigenvalue weighted by atomic mass is 9.76. The number of amides is 1. The zero-order valence-corrected chi connectivity index (χ0v) is 23.2. The van der Waals surface area contributed by atoms with Gasteiger partial charge >= 0.3 is 0 Å². The molecule has 5 rings (SSSR count). The summed E-state index contributed by atoms with van der Waals surface area (Å²) in [5.74, 6) is 0.178. The van der Waals surface area contributed by atoms with E-state index in [0.29, 0.717) is 50.8 Å². The summed E-state index contributed by atoms with van der Waals surface area (Å²) in [5, 5.41) is 22.5. The van der Waals surface area contributed by atoms with Crippen LogP contribution in [0.15, 0.2) is 75.5 Å². The minimum absolute atomic E-state index is 0.0187. The standard InChI is InChI=1S/C27H23ClN6O3S2/c1-37-18-5-2-4-17(12-18)31-22(36)14-38-27-33-32-26(39-27)34-20-6-3-7-21(35)24(20)23(19(13-29)25(34)30)15-8-10-16(28)11-9-15/h2,4-5,8-12,23H,3,6-7,14,30H2,1H3,(H,31,36). The molecule has 0 spiro atoms. The van der Waals surface area contributed by atoms with Crippen LogP contribution in [0.25, 0.3) is 0 Å². The highest BCUT2D eigenvalue weighted by Gasteiger charge is 2.41. The van der Waals surface area contributed by atoms with Crippen molar-refractivity contribution in [3.63, 3.8) is 0 Å². The van der Waals surface area contributed by atoms with E-state index in [1.54, 1.807) is 48.4 Å². The van der Waals surface area contributed by atoms with Gasteiger partial charge in [-0.3, -0.25) is 14.5 Å². The topological polar surface area (TPSA) is 134 Å². The van der Waals surface area contributed by atoms with Crippen molar-refractivity contribution in [3.8, 4) is 11.8 Å². The number of benzene rings is 2. The molecule has 0 saturated heterocycles. The maximum absolute atomic E-state index is 13.2. The van der Waals surface area contributed by atoms with Crippen molar-refractivity contribution in [2.45, 2.75) is 29.5 Å². The number of halogens is 1. The second-order valence-electron chi connectivity index (χ2n) is 8.79. The molecular formula is C27H23ClN6O3S2. The van der Waals surface area contributed by atoms with Gasteiger partial charge < -0.3 is 15.8 Å². The molecule has 12 heteroatoms. The maximum Gasteiger partial charge on any atom is 0.234 e. The molecule has 0 saturated carbocycles. The monoisotopic (exact) mass is 578 g/mol. The Morgan fingerprint density at radius 3 is 2.82 bits per heavy atom. The Balaban J connectivity index is 1.40. The third-order valence-corrected chi connectivity index (χ3v) is 8.68. The molecule has 1 amide bonds. The number of rotatable bonds is 7. The average Bonchev–Trinajstić information content (AvgIpc) is 3.40. The number of hydrogen-bond donors (Lipinski definition) is 2. The highest BCUT2D eigenvalue weighted by atomic mass is 35.5. The van der Waals surface area contributed by atoms with Gasteiger partial charge in [0.05, 0.1) is 30.4 Å². The Hall–Kier alpha value is -3.85. The molecule has 2 heterocycles. The Labute approximate surface area is 238 Å². The van der Waals surface area contributed by atoms with Crippen LogP contribution in [-0.4, -0.2) is 34.8 Å². The maximum atomic E-state index is 13.2. The van der Waals surface area contributed by atoms with Crippen LogP contribution in [0.1, 0.15) is 30.7 Å². The van der Waals surface area contributed by atoms with Crippen LogP contribution in [0, 0.1) is 11.3 Å². The molecule has 0 fully saturated rings. The molecule has 1 unspecified atom stereocenters. The molecule has 1 aromatic heterocycles. The molecule has 2 aromatic carbocycles. The molecule has 0 bridgehead atoms. The van der Waals surface area contributed by atoms with E-state index in [-0.39, 0.29) is 28.8 Å². The van der Waals surface area contributed by atoms with Gasteiger partial charge in [-0.25, -0.2) is 0 Å². The summed E-state index contributed by atoms with van der Waals surface area (Å²) in [6.45, 7) is 0. The van der Waals surface area contributed by atoms with Crippen LogP contribution >= 0.6 is 34.7 Å². The first-order valence-corrected chi connectivity index (χ1v) is 14.2. The van der Waals surface area contributed by atoms with Crippen molar-refractivity contribution < 1.29 is 14.3 Å². The highest BCUT2D eigenvalue weighted by Crippen LogP contribution is 2.47. The lowest BCUT2D eigenvalue weighted by Gasteiger charge is -2.38. The second-order valence-corrected chi connectivity index (χ2v) is 11.4. The number of carbonyl (C=O) groups is 2. The molecular weight excluding hydrogens is 556 g/mol. The minimum Gasteiger partial charge on any atom is -0.497 e. The van der Waals surface area contributed by atoms with Crippen molar-refractivity contribution in [1.29, 1.82) is 5.26 Å². The van der Waals surface area contributed by atoms with Gasteiger partial charge in [-0.2, -0.15) is 5.26 Å². The number of ether oxygens (including phenoxy) is 1. The van der Waals surface area contributed by atoms with Gasteiger partial charge in [0.2, 0.25) is 11.0 Å². The molecule has 39 heavy (non-hydrogen) atoms. The van der Waals surface area contributed by atoms with E-state index in [1.807, 2.05) is 12.1 Å². The van der Waals surface area contributed by atoms with Crippen molar-refractivity contribution >= 4 is 57.2 Å². The molecule has 9 nitrogen and oxygen atoms in total. The first-order valence-electron chi connectivity index (χ1n) is 12.0. The molecule has 2 aliphatic rings. The Bertz CT molecular complexity index is 1540. The largest absolute Gasteiger partial charge is 0.497 e. The number of ketones is 1. The fraction of sp³-hybridized carbons (Fsp3) is 0.222. The predicted octanol–water partition coefficient (Wildman–Crippen LogP) is 5.24. The molecule has 1 aliphatic carbocycles. The molecule has 198 valence electrons. The average molecular weight is 579 g/mol. The number of nitriles is 1. The SMILES string of the molecule is COc1cccc(NC(=O)CSc2nnc(N3C(N)=C(C#N)C(c4ccc(Cl)cc4)C4=C3CCCC4=O)s2)c1. The van der Waals surface area contributed by atoms with Gasteiger partial charge in [-0.1, -0.05) is 52.9 Å². The highest BCUT2D eigenvalue weighted by molar-refractivity contribution is 8.01. The van der Waals surface area contributed by atoms with E-state index in [2.05, 4.69) is 21.6 Å². The van der Waals surface area contributed by atoms with Crippen molar-refractivity contribution in [2.75, 3.05) is 23.1 Å². The number of nitrogens with two attached hydrogens (primary N) is 1. The van der Waals surface area contributed by atoms with E-state index >= 15 is 0 Å². The van der Waals surface area contributed by atoms with Crippen LogP contribution in [-0.2, 0) is 9.59 Å². The van der Waals surface area contributed by atoms with E-state index in [9.17, 15) is 14.9 Å². The van der Waals surface area contributed by atoms with Gasteiger partial charge in [0.25, 0.3) is 0 Å². The van der Waals surface area contributed by atoms with Crippen LogP contribution in [0.4, 0.5) is 10.8 Å². The lowest BCUT2D eigenvalue weighted by molar-refractivity contribution is -0.116. The molecule has 3 aromatic rings. The third-order valence-electron chi connectivity index (χ3n) is 6.38. The smallest absolute Gasteiger partial charge is 0.234 e. The van der Waals surface area contributed by atoms with Crippen LogP contribution < -0.4 is 20.7 Å². The van der Waals surface area contributed by atoms with Crippen molar-refractivity contribution in [1.82, 2.24) is 10.2 Å². The summed E-state index contributed by atoms with van der Waals surface area (Å²) in [4.78, 5) is 27.4. The lowest BCUT2D eigenvalue weighted by Crippen LogP contribution is -2.38. The van der Waals surface area contributed by atoms with Crippen LogP contribution in [0.5, 0.6) is 5.75 Å². The zero-order chi connectivity index (χ0) is 27.5. The number of anilines is 2. The van der Waals surface area contributed by atoms with Crippen molar-refractivity contribution in [2.24, 2.45) is 5.73 Å². The second kappa shape index (κ2) is 11.5. The van der Waals surface area contributed by atoms with Crippen molar-refractivity contribution in [3.05, 3.63) is 81.8 Å². The van der Waals surface area contributed by atoms with Crippen LogP contribution in [0.3, 0.4) is 0 Å². The van der Waals surface area contributed by atoms with Gasteiger partial charge in [-0.15, -0.1) is 10.2 Å². The number of aromatic nitrogens is 2. The Morgan fingerprint density at radius 1 is 1.28 bits per heavy atom. The summed E-state index contributed by atoms with van der Waals surface area (Å²) in [6.07, 6.45) is 1.67. The Kier molecular flexibility index (Phi) is 7.88. The first-order chi connectivity index (χ1) is 18.9. The summed E-state index contributed by atoms with van der Waals surface area (Å²) in [5.41, 5.74) is 9.54. The molecule has 1 atom stereocenters. The zero-order valence-electron chi connectivity index (χ0n) is 20.8. The van der Waals surface area contributed by atoms with E-state index < -0.39 is 5.92 Å². The van der Waals surface area contributed by atoms with E-state index in [0.717, 1.165) is 11.3 Å². The van der Waals surface area contributed by atoms with Gasteiger partial charge in [-0.05, 0) is 42.7 Å². The number of nitrogens with zero attached hydrogens (tertiary/aromatic N) is 4. The minimum atomic E-state index is -0.576. The number of thioether (sulfide) groups is 1. The fourth-order valence-corrected chi connectivity index (χ4v) is 6.48. The number of methoxy groups -OCH3 is 1. The molecule has 1 aliphatic heterocycles. The van der Waals surface area contributed by atoms with Gasteiger partial charge in [0.15, 0.2) is 10.1 Å². The number of Topliss-reactive ketones (excluding diaryl/α,β-unsaturated/α-hetero) is 1. The summed E-state index contributed by atoms with van der Waals surface area (Å²) < 4.78 is 5.75.